The molecule has 1 aromatic carbocycles. The Kier molecular flexibility index (Phi) is 3.02. The number of amides is 1. The fraction of sp³-hybridized carbons (Fsp3) is 0.143. The van der Waals surface area contributed by atoms with E-state index in [1.807, 2.05) is 13.0 Å². The van der Waals surface area contributed by atoms with Crippen LogP contribution in [0.15, 0.2) is 35.1 Å². The molecule has 106 valence electrons. The minimum atomic E-state index is -0.303. The summed E-state index contributed by atoms with van der Waals surface area (Å²) in [5.41, 5.74) is 1.80. The second kappa shape index (κ2) is 4.86. The number of fused-ring (bicyclic) bond motifs is 1. The third kappa shape index (κ3) is 2.53. The van der Waals surface area contributed by atoms with Crippen LogP contribution in [0.25, 0.3) is 5.78 Å². The predicted molar refractivity (Wildman–Crippen MR) is 77.5 cm³/mol. The Bertz CT molecular complexity index is 894. The van der Waals surface area contributed by atoms with Crippen molar-refractivity contribution in [2.45, 2.75) is 13.8 Å². The lowest BCUT2D eigenvalue weighted by Crippen LogP contribution is -2.16. The molecule has 0 saturated carbocycles. The number of rotatable bonds is 2. The molecule has 3 rings (SSSR count). The quantitative estimate of drug-likeness (QED) is 0.741. The molecule has 0 atom stereocenters. The molecule has 0 bridgehead atoms. The van der Waals surface area contributed by atoms with Gasteiger partial charge in [-0.1, -0.05) is 17.7 Å². The minimum Gasteiger partial charge on any atom is -0.291 e. The number of hydrogen-bond donors (Lipinski definition) is 2. The molecule has 0 spiro atoms. The van der Waals surface area contributed by atoms with Crippen molar-refractivity contribution in [3.8, 4) is 0 Å². The van der Waals surface area contributed by atoms with Crippen LogP contribution in [0.1, 0.15) is 21.6 Å². The Hall–Kier alpha value is -2.96. The Morgan fingerprint density at radius 3 is 2.81 bits per heavy atom. The van der Waals surface area contributed by atoms with E-state index in [2.05, 4.69) is 20.4 Å². The van der Waals surface area contributed by atoms with Gasteiger partial charge in [-0.15, -0.1) is 0 Å². The maximum Gasteiger partial charge on any atom is 0.274 e. The third-order valence-electron chi connectivity index (χ3n) is 2.97. The van der Waals surface area contributed by atoms with Gasteiger partial charge < -0.3 is 0 Å². The minimum absolute atomic E-state index is 0.178. The van der Waals surface area contributed by atoms with Crippen molar-refractivity contribution < 1.29 is 4.79 Å². The highest BCUT2D eigenvalue weighted by Gasteiger charge is 2.11. The van der Waals surface area contributed by atoms with Crippen LogP contribution in [0.3, 0.4) is 0 Å². The van der Waals surface area contributed by atoms with Crippen LogP contribution >= 0.6 is 0 Å². The average molecular weight is 283 g/mol. The number of H-pyrrole nitrogens is 1. The summed E-state index contributed by atoms with van der Waals surface area (Å²) in [6, 6.07) is 8.58. The monoisotopic (exact) mass is 283 g/mol. The normalized spacial score (nSPS) is 10.8. The van der Waals surface area contributed by atoms with Crippen LogP contribution in [0.2, 0.25) is 0 Å². The molecule has 0 aliphatic carbocycles. The van der Waals surface area contributed by atoms with Crippen LogP contribution in [0.4, 0.5) is 5.95 Å². The van der Waals surface area contributed by atoms with Crippen molar-refractivity contribution in [1.82, 2.24) is 19.6 Å². The number of aryl methyl sites for hydroxylation is 2. The first-order chi connectivity index (χ1) is 10.0. The molecule has 0 aliphatic rings. The van der Waals surface area contributed by atoms with Crippen LogP contribution in [-0.2, 0) is 0 Å². The van der Waals surface area contributed by atoms with Crippen LogP contribution in [0, 0.1) is 13.8 Å². The Balaban J connectivity index is 1.93. The number of nitrogens with one attached hydrogen (secondary N) is 2. The summed E-state index contributed by atoms with van der Waals surface area (Å²) in [5.74, 6) is 0.0961. The van der Waals surface area contributed by atoms with Crippen molar-refractivity contribution in [2.24, 2.45) is 0 Å². The van der Waals surface area contributed by atoms with Crippen LogP contribution < -0.4 is 10.9 Å². The van der Waals surface area contributed by atoms with Gasteiger partial charge in [-0.2, -0.15) is 9.50 Å². The molecule has 0 saturated heterocycles. The molecule has 0 radical (unpaired) electrons. The second-order valence-electron chi connectivity index (χ2n) is 4.77. The van der Waals surface area contributed by atoms with Gasteiger partial charge in [0.15, 0.2) is 0 Å². The van der Waals surface area contributed by atoms with E-state index in [1.54, 1.807) is 25.1 Å². The van der Waals surface area contributed by atoms with E-state index in [0.717, 1.165) is 5.56 Å². The molecule has 2 N–H and O–H groups in total. The molecule has 2 aromatic heterocycles. The lowest BCUT2D eigenvalue weighted by molar-refractivity contribution is 0.102. The zero-order valence-electron chi connectivity index (χ0n) is 11.5. The zero-order valence-corrected chi connectivity index (χ0v) is 11.5. The molecular weight excluding hydrogens is 270 g/mol. The van der Waals surface area contributed by atoms with Gasteiger partial charge in [-0.05, 0) is 26.0 Å². The van der Waals surface area contributed by atoms with E-state index < -0.39 is 0 Å². The van der Waals surface area contributed by atoms with E-state index in [1.165, 1.54) is 10.6 Å². The van der Waals surface area contributed by atoms with Crippen LogP contribution in [0.5, 0.6) is 0 Å². The Morgan fingerprint density at radius 2 is 2.05 bits per heavy atom. The average Bonchev–Trinajstić information content (AvgIpc) is 2.81. The second-order valence-corrected chi connectivity index (χ2v) is 4.77. The number of aromatic amines is 1. The van der Waals surface area contributed by atoms with Crippen molar-refractivity contribution in [1.29, 1.82) is 0 Å². The molecule has 0 fully saturated rings. The molecule has 7 nitrogen and oxygen atoms in total. The van der Waals surface area contributed by atoms with Crippen molar-refractivity contribution in [2.75, 3.05) is 5.32 Å². The molecule has 2 heterocycles. The van der Waals surface area contributed by atoms with Gasteiger partial charge in [0.2, 0.25) is 5.95 Å². The van der Waals surface area contributed by atoms with Gasteiger partial charge in [-0.3, -0.25) is 20.0 Å². The standard InChI is InChI=1S/C14H13N5O2/c1-8-4-3-5-10(6-8)12(21)16-13-17-14-15-9(2)7-11(20)19(14)18-13/h3-7H,1-2H3,(H2,15,16,17,18,21). The summed E-state index contributed by atoms with van der Waals surface area (Å²) < 4.78 is 1.18. The summed E-state index contributed by atoms with van der Waals surface area (Å²) in [7, 11) is 0. The van der Waals surface area contributed by atoms with Gasteiger partial charge in [-0.25, -0.2) is 4.98 Å². The summed E-state index contributed by atoms with van der Waals surface area (Å²) in [6.07, 6.45) is 0. The topological polar surface area (TPSA) is 92.2 Å². The van der Waals surface area contributed by atoms with Gasteiger partial charge in [0.05, 0.1) is 0 Å². The Morgan fingerprint density at radius 1 is 1.24 bits per heavy atom. The van der Waals surface area contributed by atoms with E-state index in [-0.39, 0.29) is 23.2 Å². The molecule has 0 aliphatic heterocycles. The largest absolute Gasteiger partial charge is 0.291 e. The van der Waals surface area contributed by atoms with Gasteiger partial charge in [0.25, 0.3) is 17.2 Å². The number of aromatic nitrogens is 4. The van der Waals surface area contributed by atoms with E-state index in [0.29, 0.717) is 11.3 Å². The van der Waals surface area contributed by atoms with Crippen molar-refractivity contribution in [3.63, 3.8) is 0 Å². The highest BCUT2D eigenvalue weighted by molar-refractivity contribution is 6.03. The number of benzene rings is 1. The fourth-order valence-corrected chi connectivity index (χ4v) is 2.01. The maximum atomic E-state index is 12.1. The van der Waals surface area contributed by atoms with Gasteiger partial charge >= 0.3 is 0 Å². The van der Waals surface area contributed by atoms with Crippen LogP contribution in [-0.4, -0.2) is 25.5 Å². The molecular formula is C14H13N5O2. The number of carbonyl (C=O) groups excluding carboxylic acids is 1. The summed E-state index contributed by atoms with van der Waals surface area (Å²) in [4.78, 5) is 32.1. The third-order valence-corrected chi connectivity index (χ3v) is 2.97. The van der Waals surface area contributed by atoms with Gasteiger partial charge in [0.1, 0.15) is 0 Å². The highest BCUT2D eigenvalue weighted by Crippen LogP contribution is 2.07. The lowest BCUT2D eigenvalue weighted by Gasteiger charge is -2.02. The zero-order chi connectivity index (χ0) is 15.0. The first kappa shape index (κ1) is 13.0. The maximum absolute atomic E-state index is 12.1. The SMILES string of the molecule is Cc1cccc(C(=O)Nc2nc3nc(C)cc(=O)n3[nH]2)c1. The number of hydrogen-bond acceptors (Lipinski definition) is 4. The van der Waals surface area contributed by atoms with E-state index >= 15 is 0 Å². The Labute approximate surface area is 119 Å². The predicted octanol–water partition coefficient (Wildman–Crippen LogP) is 1.29. The summed E-state index contributed by atoms with van der Waals surface area (Å²) in [5, 5.41) is 5.32. The van der Waals surface area contributed by atoms with Crippen molar-refractivity contribution in [3.05, 3.63) is 57.5 Å². The molecule has 7 heteroatoms. The summed E-state index contributed by atoms with van der Waals surface area (Å²) in [6.45, 7) is 3.62. The molecule has 21 heavy (non-hydrogen) atoms. The molecule has 0 unspecified atom stereocenters. The number of nitrogens with zero attached hydrogens (tertiary/aromatic N) is 3. The smallest absolute Gasteiger partial charge is 0.274 e. The van der Waals surface area contributed by atoms with Gasteiger partial charge in [0, 0.05) is 17.3 Å². The summed E-state index contributed by atoms with van der Waals surface area (Å²) >= 11 is 0. The van der Waals surface area contributed by atoms with E-state index in [4.69, 9.17) is 0 Å². The first-order valence-electron chi connectivity index (χ1n) is 6.37. The molecule has 3 aromatic rings. The number of anilines is 1. The van der Waals surface area contributed by atoms with E-state index in [9.17, 15) is 9.59 Å². The lowest BCUT2D eigenvalue weighted by atomic mass is 10.1. The fourth-order valence-electron chi connectivity index (χ4n) is 2.01. The first-order valence-corrected chi connectivity index (χ1v) is 6.37. The van der Waals surface area contributed by atoms with Crippen molar-refractivity contribution >= 4 is 17.6 Å². The number of carbonyl (C=O) groups is 1. The molecule has 1 amide bonds. The highest BCUT2D eigenvalue weighted by atomic mass is 16.2.